The van der Waals surface area contributed by atoms with Gasteiger partial charge < -0.3 is 0 Å². The van der Waals surface area contributed by atoms with Gasteiger partial charge in [0.1, 0.15) is 0 Å². The normalized spacial score (nSPS) is 27.8. The zero-order valence-electron chi connectivity index (χ0n) is 5.63. The van der Waals surface area contributed by atoms with Gasteiger partial charge in [-0.3, -0.25) is 0 Å². The van der Waals surface area contributed by atoms with Crippen molar-refractivity contribution in [2.75, 3.05) is 20.3 Å². The molecule has 4 nitrogen and oxygen atoms in total. The zero-order valence-corrected chi connectivity index (χ0v) is 8.79. The standard InChI is InChI=1S/C4H10IO4P/c1-6-10(9-5)7-3-2-4-8-10/h10H,2-4H2,1H3. The zero-order chi connectivity index (χ0) is 7.45. The van der Waals surface area contributed by atoms with Crippen molar-refractivity contribution in [3.63, 3.8) is 0 Å². The van der Waals surface area contributed by atoms with Crippen LogP contribution in [0.5, 0.6) is 0 Å². The summed E-state index contributed by atoms with van der Waals surface area (Å²) in [7, 11) is -1.11. The molecule has 0 spiro atoms. The fraction of sp³-hybridized carbons (Fsp3) is 1.00. The molecule has 0 bridgehead atoms. The number of hydrogen-bond acceptors (Lipinski definition) is 4. The van der Waals surface area contributed by atoms with Crippen molar-refractivity contribution in [3.05, 3.63) is 0 Å². The Kier molecular flexibility index (Phi) is 3.76. The topological polar surface area (TPSA) is 36.9 Å². The van der Waals surface area contributed by atoms with E-state index in [1.54, 1.807) is 23.0 Å². The molecular formula is C4H10IO4P. The predicted molar refractivity (Wildman–Crippen MR) is 47.0 cm³/mol. The van der Waals surface area contributed by atoms with Crippen LogP contribution in [0.3, 0.4) is 0 Å². The predicted octanol–water partition coefficient (Wildman–Crippen LogP) is 1.85. The van der Waals surface area contributed by atoms with Crippen LogP contribution in [0.1, 0.15) is 6.42 Å². The van der Waals surface area contributed by atoms with Gasteiger partial charge in [0.2, 0.25) is 0 Å². The van der Waals surface area contributed by atoms with Gasteiger partial charge in [0, 0.05) is 0 Å². The first-order chi connectivity index (χ1) is 4.83. The molecule has 0 atom stereocenters. The van der Waals surface area contributed by atoms with Crippen LogP contribution >= 0.6 is 31.2 Å². The van der Waals surface area contributed by atoms with Gasteiger partial charge in [-0.25, -0.2) is 0 Å². The van der Waals surface area contributed by atoms with Gasteiger partial charge >= 0.3 is 74.3 Å². The summed E-state index contributed by atoms with van der Waals surface area (Å²) >= 11 is 1.75. The number of rotatable bonds is 2. The minimum absolute atomic E-state index is 0.670. The SMILES string of the molecule is CO[PH]1(OI)OCCCO1. The molecule has 0 radical (unpaired) electrons. The first kappa shape index (κ1) is 9.09. The molecular weight excluding hydrogens is 270 g/mol. The average molecular weight is 280 g/mol. The van der Waals surface area contributed by atoms with Crippen molar-refractivity contribution in [1.29, 1.82) is 0 Å². The molecule has 0 unspecified atom stereocenters. The van der Waals surface area contributed by atoms with Gasteiger partial charge in [0.25, 0.3) is 0 Å². The molecule has 0 aromatic heterocycles. The molecule has 1 fully saturated rings. The van der Waals surface area contributed by atoms with E-state index in [0.717, 1.165) is 6.42 Å². The molecule has 0 aliphatic carbocycles. The third kappa shape index (κ3) is 1.99. The Balaban J connectivity index is 2.44. The van der Waals surface area contributed by atoms with Crippen LogP contribution in [0.25, 0.3) is 0 Å². The van der Waals surface area contributed by atoms with E-state index in [9.17, 15) is 0 Å². The molecule has 1 rings (SSSR count). The molecule has 0 saturated carbocycles. The van der Waals surface area contributed by atoms with Crippen LogP contribution in [0.2, 0.25) is 0 Å². The maximum absolute atomic E-state index is 5.23. The van der Waals surface area contributed by atoms with Crippen molar-refractivity contribution < 1.29 is 16.4 Å². The quantitative estimate of drug-likeness (QED) is 0.571. The Morgan fingerprint density at radius 1 is 1.40 bits per heavy atom. The van der Waals surface area contributed by atoms with E-state index in [0.29, 0.717) is 13.2 Å². The third-order valence-electron chi connectivity index (χ3n) is 1.19. The minimum atomic E-state index is -2.64. The van der Waals surface area contributed by atoms with E-state index in [-0.39, 0.29) is 0 Å². The summed E-state index contributed by atoms with van der Waals surface area (Å²) in [5.74, 6) is 0. The van der Waals surface area contributed by atoms with Crippen molar-refractivity contribution >= 4 is 31.2 Å². The summed E-state index contributed by atoms with van der Waals surface area (Å²) in [6.45, 7) is 1.34. The first-order valence-electron chi connectivity index (χ1n) is 2.96. The summed E-state index contributed by atoms with van der Waals surface area (Å²) in [4.78, 5) is 0. The molecule has 1 aliphatic rings. The van der Waals surface area contributed by atoms with E-state index in [2.05, 4.69) is 0 Å². The number of hydrogen-bond donors (Lipinski definition) is 0. The second kappa shape index (κ2) is 4.13. The van der Waals surface area contributed by atoms with Gasteiger partial charge in [0.05, 0.1) is 0 Å². The summed E-state index contributed by atoms with van der Waals surface area (Å²) in [6, 6.07) is 0. The second-order valence-corrected chi connectivity index (χ2v) is 5.29. The molecule has 0 aromatic carbocycles. The molecule has 10 heavy (non-hydrogen) atoms. The average Bonchev–Trinajstić information content (AvgIpc) is 2.06. The van der Waals surface area contributed by atoms with Gasteiger partial charge in [-0.1, -0.05) is 0 Å². The first-order valence-corrected chi connectivity index (χ1v) is 5.47. The van der Waals surface area contributed by atoms with Crippen LogP contribution < -0.4 is 0 Å². The Hall–Kier alpha value is 1.00. The summed E-state index contributed by atoms with van der Waals surface area (Å²) in [6.07, 6.45) is 0.915. The van der Waals surface area contributed by atoms with Crippen LogP contribution in [0.15, 0.2) is 0 Å². The van der Waals surface area contributed by atoms with Crippen molar-refractivity contribution in [3.8, 4) is 0 Å². The van der Waals surface area contributed by atoms with Gasteiger partial charge in [-0.2, -0.15) is 0 Å². The van der Waals surface area contributed by atoms with Gasteiger partial charge in [-0.05, 0) is 0 Å². The molecule has 0 amide bonds. The Morgan fingerprint density at radius 2 is 2.00 bits per heavy atom. The summed E-state index contributed by atoms with van der Waals surface area (Å²) < 4.78 is 20.4. The molecule has 1 saturated heterocycles. The molecule has 0 N–H and O–H groups in total. The Labute approximate surface area is 74.5 Å². The van der Waals surface area contributed by atoms with E-state index in [1.165, 1.54) is 7.11 Å². The summed E-state index contributed by atoms with van der Waals surface area (Å²) in [5.41, 5.74) is 0. The molecule has 6 heteroatoms. The maximum atomic E-state index is 5.23. The van der Waals surface area contributed by atoms with Crippen LogP contribution in [-0.2, 0) is 16.4 Å². The van der Waals surface area contributed by atoms with E-state index in [1.807, 2.05) is 0 Å². The van der Waals surface area contributed by atoms with Crippen LogP contribution in [0, 0.1) is 0 Å². The fourth-order valence-electron chi connectivity index (χ4n) is 0.689. The molecule has 1 heterocycles. The Morgan fingerprint density at radius 3 is 2.30 bits per heavy atom. The van der Waals surface area contributed by atoms with Gasteiger partial charge in [-0.15, -0.1) is 0 Å². The van der Waals surface area contributed by atoms with Gasteiger partial charge in [0.15, 0.2) is 0 Å². The van der Waals surface area contributed by atoms with Crippen LogP contribution in [0.4, 0.5) is 0 Å². The second-order valence-electron chi connectivity index (χ2n) is 1.83. The van der Waals surface area contributed by atoms with E-state index in [4.69, 9.17) is 16.4 Å². The van der Waals surface area contributed by atoms with Crippen LogP contribution in [-0.4, -0.2) is 20.3 Å². The third-order valence-corrected chi connectivity index (χ3v) is 4.61. The number of halogens is 1. The van der Waals surface area contributed by atoms with Crippen molar-refractivity contribution in [2.24, 2.45) is 0 Å². The summed E-state index contributed by atoms with van der Waals surface area (Å²) in [5, 5.41) is 0. The van der Waals surface area contributed by atoms with E-state index >= 15 is 0 Å². The molecule has 1 aliphatic heterocycles. The van der Waals surface area contributed by atoms with E-state index < -0.39 is 8.17 Å². The van der Waals surface area contributed by atoms with Crippen molar-refractivity contribution in [2.45, 2.75) is 6.42 Å². The molecule has 0 aromatic rings. The Bertz CT molecular complexity index is 99.4. The van der Waals surface area contributed by atoms with Crippen molar-refractivity contribution in [1.82, 2.24) is 0 Å². The monoisotopic (exact) mass is 280 g/mol. The fourth-order valence-corrected chi connectivity index (χ4v) is 3.25. The molecule has 62 valence electrons.